The Morgan fingerprint density at radius 3 is 2.43 bits per heavy atom. The summed E-state index contributed by atoms with van der Waals surface area (Å²) in [7, 11) is 0. The molecular weight excluding hydrogens is 354 g/mol. The number of aryl methyl sites for hydroxylation is 4. The van der Waals surface area contributed by atoms with Crippen LogP contribution >= 0.6 is 0 Å². The Balaban J connectivity index is 1.66. The average Bonchev–Trinajstić information content (AvgIpc) is 2.65. The van der Waals surface area contributed by atoms with Crippen LogP contribution < -0.4 is 10.6 Å². The molecule has 1 amide bonds. The van der Waals surface area contributed by atoms with Gasteiger partial charge in [0.05, 0.1) is 13.2 Å². The topological polar surface area (TPSA) is 79.4 Å². The number of carbonyl (C=O) groups is 1. The largest absolute Gasteiger partial charge is 0.379 e. The normalized spacial score (nSPS) is 14.7. The van der Waals surface area contributed by atoms with Gasteiger partial charge in [0.1, 0.15) is 17.3 Å². The van der Waals surface area contributed by atoms with E-state index >= 15 is 0 Å². The van der Waals surface area contributed by atoms with E-state index in [0.717, 1.165) is 49.7 Å². The minimum atomic E-state index is -0.181. The van der Waals surface area contributed by atoms with Gasteiger partial charge in [-0.25, -0.2) is 9.97 Å². The van der Waals surface area contributed by atoms with Crippen molar-refractivity contribution < 1.29 is 9.53 Å². The highest BCUT2D eigenvalue weighted by molar-refractivity contribution is 5.93. The van der Waals surface area contributed by atoms with Crippen molar-refractivity contribution in [2.45, 2.75) is 27.7 Å². The molecule has 0 bridgehead atoms. The Labute approximate surface area is 166 Å². The third kappa shape index (κ3) is 5.27. The number of nitrogens with one attached hydrogen (secondary N) is 2. The molecule has 150 valence electrons. The van der Waals surface area contributed by atoms with Crippen LogP contribution in [0.15, 0.2) is 18.2 Å². The summed E-state index contributed by atoms with van der Waals surface area (Å²) in [5.41, 5.74) is 4.90. The third-order valence-electron chi connectivity index (χ3n) is 4.82. The van der Waals surface area contributed by atoms with Crippen molar-refractivity contribution in [3.8, 4) is 0 Å². The van der Waals surface area contributed by atoms with Crippen LogP contribution in [-0.2, 0) is 4.74 Å². The fourth-order valence-corrected chi connectivity index (χ4v) is 3.50. The zero-order chi connectivity index (χ0) is 20.1. The SMILES string of the molecule is Cc1cc(C)c(Nc2cc(C(=O)NCCN3CCOCC3)nc(C)n2)c(C)c1. The quantitative estimate of drug-likeness (QED) is 0.798. The predicted octanol–water partition coefficient (Wildman–Crippen LogP) is 2.52. The number of nitrogens with zero attached hydrogens (tertiary/aromatic N) is 3. The van der Waals surface area contributed by atoms with E-state index < -0.39 is 0 Å². The van der Waals surface area contributed by atoms with Crippen molar-refractivity contribution in [2.75, 3.05) is 44.7 Å². The molecule has 1 saturated heterocycles. The zero-order valence-corrected chi connectivity index (χ0v) is 17.1. The minimum Gasteiger partial charge on any atom is -0.379 e. The van der Waals surface area contributed by atoms with Crippen molar-refractivity contribution in [2.24, 2.45) is 0 Å². The highest BCUT2D eigenvalue weighted by Gasteiger charge is 2.14. The maximum atomic E-state index is 12.5. The molecular formula is C21H29N5O2. The zero-order valence-electron chi connectivity index (χ0n) is 17.1. The van der Waals surface area contributed by atoms with Crippen molar-refractivity contribution in [3.05, 3.63) is 46.4 Å². The molecule has 7 nitrogen and oxygen atoms in total. The van der Waals surface area contributed by atoms with Gasteiger partial charge in [-0.1, -0.05) is 17.7 Å². The van der Waals surface area contributed by atoms with E-state index in [0.29, 0.717) is 23.9 Å². The fourth-order valence-electron chi connectivity index (χ4n) is 3.50. The molecule has 0 radical (unpaired) electrons. The monoisotopic (exact) mass is 383 g/mol. The first-order chi connectivity index (χ1) is 13.4. The van der Waals surface area contributed by atoms with E-state index in [1.165, 1.54) is 5.56 Å². The maximum Gasteiger partial charge on any atom is 0.270 e. The molecule has 28 heavy (non-hydrogen) atoms. The standard InChI is InChI=1S/C21H29N5O2/c1-14-11-15(2)20(16(3)12-14)25-19-13-18(23-17(4)24-19)21(27)22-5-6-26-7-9-28-10-8-26/h11-13H,5-10H2,1-4H3,(H,22,27)(H,23,24,25). The smallest absolute Gasteiger partial charge is 0.270 e. The molecule has 0 atom stereocenters. The molecule has 3 rings (SSSR count). The van der Waals surface area contributed by atoms with E-state index in [4.69, 9.17) is 4.74 Å². The van der Waals surface area contributed by atoms with E-state index in [1.54, 1.807) is 13.0 Å². The number of hydrogen-bond acceptors (Lipinski definition) is 6. The maximum absolute atomic E-state index is 12.5. The van der Waals surface area contributed by atoms with Crippen LogP contribution in [-0.4, -0.2) is 60.2 Å². The molecule has 0 saturated carbocycles. The first-order valence-corrected chi connectivity index (χ1v) is 9.71. The number of carbonyl (C=O) groups excluding carboxylic acids is 1. The molecule has 0 unspecified atom stereocenters. The summed E-state index contributed by atoms with van der Waals surface area (Å²) in [4.78, 5) is 23.6. The van der Waals surface area contributed by atoms with Crippen molar-refractivity contribution in [1.29, 1.82) is 0 Å². The summed E-state index contributed by atoms with van der Waals surface area (Å²) < 4.78 is 5.34. The number of ether oxygens (including phenoxy) is 1. The summed E-state index contributed by atoms with van der Waals surface area (Å²) in [6.45, 7) is 12.7. The Morgan fingerprint density at radius 1 is 1.07 bits per heavy atom. The number of anilines is 2. The van der Waals surface area contributed by atoms with Crippen LogP contribution in [0.2, 0.25) is 0 Å². The van der Waals surface area contributed by atoms with Gasteiger partial charge < -0.3 is 15.4 Å². The second-order valence-corrected chi connectivity index (χ2v) is 7.29. The van der Waals surface area contributed by atoms with Gasteiger partial charge in [-0.2, -0.15) is 0 Å². The number of rotatable bonds is 6. The summed E-state index contributed by atoms with van der Waals surface area (Å²) in [5.74, 6) is 1.01. The Bertz CT molecular complexity index is 824. The Hall–Kier alpha value is -2.51. The molecule has 1 aliphatic rings. The van der Waals surface area contributed by atoms with Crippen LogP contribution in [0.4, 0.5) is 11.5 Å². The number of hydrogen-bond donors (Lipinski definition) is 2. The van der Waals surface area contributed by atoms with E-state index in [1.807, 2.05) is 0 Å². The summed E-state index contributed by atoms with van der Waals surface area (Å²) in [5, 5.41) is 6.31. The van der Waals surface area contributed by atoms with Gasteiger partial charge >= 0.3 is 0 Å². The van der Waals surface area contributed by atoms with Crippen LogP contribution in [0.5, 0.6) is 0 Å². The Kier molecular flexibility index (Phi) is 6.59. The molecule has 0 aliphatic carbocycles. The van der Waals surface area contributed by atoms with Gasteiger partial charge in [0.2, 0.25) is 0 Å². The number of morpholine rings is 1. The van der Waals surface area contributed by atoms with Crippen LogP contribution in [0.3, 0.4) is 0 Å². The lowest BCUT2D eigenvalue weighted by Crippen LogP contribution is -2.41. The first kappa shape index (κ1) is 20.2. The summed E-state index contributed by atoms with van der Waals surface area (Å²) >= 11 is 0. The van der Waals surface area contributed by atoms with Gasteiger partial charge in [0.25, 0.3) is 5.91 Å². The molecule has 1 fully saturated rings. The second kappa shape index (κ2) is 9.12. The van der Waals surface area contributed by atoms with Gasteiger partial charge in [-0.15, -0.1) is 0 Å². The number of aromatic nitrogens is 2. The number of benzene rings is 1. The lowest BCUT2D eigenvalue weighted by atomic mass is 10.1. The van der Waals surface area contributed by atoms with Gasteiger partial charge in [-0.3, -0.25) is 9.69 Å². The predicted molar refractivity (Wildman–Crippen MR) is 110 cm³/mol. The highest BCUT2D eigenvalue weighted by Crippen LogP contribution is 2.25. The van der Waals surface area contributed by atoms with Gasteiger partial charge in [0, 0.05) is 37.9 Å². The van der Waals surface area contributed by atoms with E-state index in [9.17, 15) is 4.79 Å². The van der Waals surface area contributed by atoms with Crippen LogP contribution in [0.25, 0.3) is 0 Å². The van der Waals surface area contributed by atoms with Crippen LogP contribution in [0.1, 0.15) is 33.0 Å². The molecule has 1 aliphatic heterocycles. The fraction of sp³-hybridized carbons (Fsp3) is 0.476. The van der Waals surface area contributed by atoms with Gasteiger partial charge in [0.15, 0.2) is 0 Å². The molecule has 2 aromatic rings. The lowest BCUT2D eigenvalue weighted by Gasteiger charge is -2.26. The summed E-state index contributed by atoms with van der Waals surface area (Å²) in [6, 6.07) is 5.96. The molecule has 2 heterocycles. The lowest BCUT2D eigenvalue weighted by molar-refractivity contribution is 0.0383. The molecule has 1 aromatic carbocycles. The molecule has 7 heteroatoms. The van der Waals surface area contributed by atoms with Crippen molar-refractivity contribution >= 4 is 17.4 Å². The minimum absolute atomic E-state index is 0.181. The first-order valence-electron chi connectivity index (χ1n) is 9.71. The molecule has 2 N–H and O–H groups in total. The Morgan fingerprint density at radius 2 is 1.75 bits per heavy atom. The number of amides is 1. The molecule has 0 spiro atoms. The van der Waals surface area contributed by atoms with E-state index in [2.05, 4.69) is 58.4 Å². The third-order valence-corrected chi connectivity index (χ3v) is 4.82. The van der Waals surface area contributed by atoms with Crippen molar-refractivity contribution in [1.82, 2.24) is 20.2 Å². The highest BCUT2D eigenvalue weighted by atomic mass is 16.5. The second-order valence-electron chi connectivity index (χ2n) is 7.29. The van der Waals surface area contributed by atoms with Crippen LogP contribution in [0, 0.1) is 27.7 Å². The van der Waals surface area contributed by atoms with Gasteiger partial charge in [-0.05, 0) is 38.8 Å². The van der Waals surface area contributed by atoms with Crippen molar-refractivity contribution in [3.63, 3.8) is 0 Å². The summed E-state index contributed by atoms with van der Waals surface area (Å²) in [6.07, 6.45) is 0. The van der Waals surface area contributed by atoms with E-state index in [-0.39, 0.29) is 5.91 Å². The molecule has 1 aromatic heterocycles. The average molecular weight is 383 g/mol.